The molecule has 1 aromatic heterocycles. The Morgan fingerprint density at radius 1 is 1.53 bits per heavy atom. The van der Waals surface area contributed by atoms with Crippen LogP contribution in [0.25, 0.3) is 0 Å². The molecule has 0 saturated heterocycles. The summed E-state index contributed by atoms with van der Waals surface area (Å²) in [6.45, 7) is 1.37. The molecule has 1 heterocycles. The van der Waals surface area contributed by atoms with E-state index in [0.717, 1.165) is 0 Å². The third-order valence-electron chi connectivity index (χ3n) is 2.94. The standard InChI is InChI=1S/C11H12F3NO4/c1-2-18-8(16)6-7(11(12,13)14)15-9(19-6)10(17)4-3-5-10/h17H,2-5H2,1H3. The van der Waals surface area contributed by atoms with Crippen molar-refractivity contribution in [2.45, 2.75) is 38.0 Å². The molecule has 0 aliphatic heterocycles. The van der Waals surface area contributed by atoms with Crippen LogP contribution in [0.1, 0.15) is 48.3 Å². The number of halogens is 3. The first kappa shape index (κ1) is 13.9. The summed E-state index contributed by atoms with van der Waals surface area (Å²) in [5.41, 5.74) is -2.97. The third-order valence-corrected chi connectivity index (χ3v) is 2.94. The number of rotatable bonds is 3. The molecular weight excluding hydrogens is 267 g/mol. The lowest BCUT2D eigenvalue weighted by Gasteiger charge is -2.32. The summed E-state index contributed by atoms with van der Waals surface area (Å²) in [5, 5.41) is 9.92. The molecule has 1 aliphatic rings. The van der Waals surface area contributed by atoms with Gasteiger partial charge in [-0.25, -0.2) is 9.78 Å². The minimum Gasteiger partial charge on any atom is -0.460 e. The van der Waals surface area contributed by atoms with E-state index >= 15 is 0 Å². The van der Waals surface area contributed by atoms with Crippen molar-refractivity contribution in [3.8, 4) is 0 Å². The minimum atomic E-state index is -4.84. The van der Waals surface area contributed by atoms with E-state index in [1.54, 1.807) is 0 Å². The number of hydrogen-bond acceptors (Lipinski definition) is 5. The van der Waals surface area contributed by atoms with Crippen LogP contribution in [0, 0.1) is 0 Å². The number of alkyl halides is 3. The van der Waals surface area contributed by atoms with Crippen LogP contribution >= 0.6 is 0 Å². The molecule has 1 aliphatic carbocycles. The summed E-state index contributed by atoms with van der Waals surface area (Å²) in [6, 6.07) is 0. The van der Waals surface area contributed by atoms with Gasteiger partial charge < -0.3 is 14.3 Å². The molecule has 1 saturated carbocycles. The summed E-state index contributed by atoms with van der Waals surface area (Å²) < 4.78 is 47.6. The van der Waals surface area contributed by atoms with Crippen molar-refractivity contribution in [3.63, 3.8) is 0 Å². The average Bonchev–Trinajstić information content (AvgIpc) is 2.71. The van der Waals surface area contributed by atoms with Crippen LogP contribution in [0.5, 0.6) is 0 Å². The highest BCUT2D eigenvalue weighted by atomic mass is 19.4. The van der Waals surface area contributed by atoms with Crippen molar-refractivity contribution >= 4 is 5.97 Å². The first-order chi connectivity index (χ1) is 8.78. The maximum Gasteiger partial charge on any atom is 0.437 e. The Morgan fingerprint density at radius 3 is 2.58 bits per heavy atom. The summed E-state index contributed by atoms with van der Waals surface area (Å²) in [6.07, 6.45) is -3.67. The molecule has 2 rings (SSSR count). The monoisotopic (exact) mass is 279 g/mol. The van der Waals surface area contributed by atoms with Crippen molar-refractivity contribution in [3.05, 3.63) is 17.3 Å². The highest BCUT2D eigenvalue weighted by Gasteiger charge is 2.47. The zero-order valence-electron chi connectivity index (χ0n) is 10.1. The summed E-state index contributed by atoms with van der Waals surface area (Å²) in [7, 11) is 0. The largest absolute Gasteiger partial charge is 0.460 e. The van der Waals surface area contributed by atoms with Gasteiger partial charge in [-0.3, -0.25) is 0 Å². The predicted molar refractivity (Wildman–Crippen MR) is 55.2 cm³/mol. The lowest BCUT2D eigenvalue weighted by atomic mass is 9.80. The molecule has 0 aromatic carbocycles. The zero-order chi connectivity index (χ0) is 14.3. The smallest absolute Gasteiger partial charge is 0.437 e. The average molecular weight is 279 g/mol. The van der Waals surface area contributed by atoms with Gasteiger partial charge in [0, 0.05) is 0 Å². The van der Waals surface area contributed by atoms with Gasteiger partial charge in [0.1, 0.15) is 5.60 Å². The van der Waals surface area contributed by atoms with E-state index in [2.05, 4.69) is 9.72 Å². The normalized spacial score (nSPS) is 17.9. The number of carbonyl (C=O) groups is 1. The van der Waals surface area contributed by atoms with E-state index < -0.39 is 35.1 Å². The van der Waals surface area contributed by atoms with E-state index in [1.165, 1.54) is 6.92 Å². The van der Waals surface area contributed by atoms with E-state index in [9.17, 15) is 23.1 Å². The second kappa shape index (κ2) is 4.52. The van der Waals surface area contributed by atoms with Gasteiger partial charge in [-0.1, -0.05) is 0 Å². The Labute approximate surface area is 106 Å². The molecule has 0 unspecified atom stereocenters. The fourth-order valence-corrected chi connectivity index (χ4v) is 1.77. The number of hydrogen-bond donors (Lipinski definition) is 1. The van der Waals surface area contributed by atoms with E-state index in [4.69, 9.17) is 4.42 Å². The van der Waals surface area contributed by atoms with Crippen LogP contribution in [0.2, 0.25) is 0 Å². The number of carbonyl (C=O) groups excluding carboxylic acids is 1. The van der Waals surface area contributed by atoms with E-state index in [-0.39, 0.29) is 19.4 Å². The van der Waals surface area contributed by atoms with Gasteiger partial charge in [0.25, 0.3) is 0 Å². The SMILES string of the molecule is CCOC(=O)c1oc(C2(O)CCC2)nc1C(F)(F)F. The van der Waals surface area contributed by atoms with Crippen molar-refractivity contribution in [1.82, 2.24) is 4.98 Å². The first-order valence-electron chi connectivity index (χ1n) is 5.76. The van der Waals surface area contributed by atoms with Crippen LogP contribution in [0.15, 0.2) is 4.42 Å². The minimum absolute atomic E-state index is 0.0869. The van der Waals surface area contributed by atoms with Gasteiger partial charge in [-0.05, 0) is 26.2 Å². The second-order valence-electron chi connectivity index (χ2n) is 4.30. The Hall–Kier alpha value is -1.57. The summed E-state index contributed by atoms with van der Waals surface area (Å²) in [5.74, 6) is -2.73. The number of ether oxygens (including phenoxy) is 1. The van der Waals surface area contributed by atoms with Gasteiger partial charge in [0.2, 0.25) is 11.7 Å². The lowest BCUT2D eigenvalue weighted by Crippen LogP contribution is -2.34. The third kappa shape index (κ3) is 2.44. The Balaban J connectivity index is 2.42. The molecule has 0 amide bonds. The first-order valence-corrected chi connectivity index (χ1v) is 5.76. The van der Waals surface area contributed by atoms with Gasteiger partial charge in [-0.15, -0.1) is 0 Å². The Morgan fingerprint density at radius 2 is 2.16 bits per heavy atom. The maximum atomic E-state index is 12.8. The van der Waals surface area contributed by atoms with Gasteiger partial charge in [0.15, 0.2) is 5.69 Å². The molecule has 106 valence electrons. The number of aliphatic hydroxyl groups is 1. The lowest BCUT2D eigenvalue weighted by molar-refractivity contribution is -0.142. The van der Waals surface area contributed by atoms with Gasteiger partial charge >= 0.3 is 12.1 Å². The predicted octanol–water partition coefficient (Wildman–Crippen LogP) is 2.24. The van der Waals surface area contributed by atoms with Crippen molar-refractivity contribution < 1.29 is 32.2 Å². The van der Waals surface area contributed by atoms with Crippen molar-refractivity contribution in [2.24, 2.45) is 0 Å². The maximum absolute atomic E-state index is 12.8. The van der Waals surface area contributed by atoms with Crippen LogP contribution in [-0.4, -0.2) is 22.7 Å². The van der Waals surface area contributed by atoms with E-state index in [0.29, 0.717) is 6.42 Å². The quantitative estimate of drug-likeness (QED) is 0.859. The molecular formula is C11H12F3NO4. The molecule has 1 N–H and O–H groups in total. The fraction of sp³-hybridized carbons (Fsp3) is 0.636. The Kier molecular flexibility index (Phi) is 3.29. The van der Waals surface area contributed by atoms with Crippen LogP contribution < -0.4 is 0 Å². The summed E-state index contributed by atoms with van der Waals surface area (Å²) in [4.78, 5) is 14.7. The number of nitrogens with zero attached hydrogens (tertiary/aromatic N) is 1. The van der Waals surface area contributed by atoms with Crippen LogP contribution in [0.4, 0.5) is 13.2 Å². The number of esters is 1. The highest BCUT2D eigenvalue weighted by molar-refractivity contribution is 5.87. The fourth-order valence-electron chi connectivity index (χ4n) is 1.77. The van der Waals surface area contributed by atoms with E-state index in [1.807, 2.05) is 0 Å². The van der Waals surface area contributed by atoms with Crippen LogP contribution in [-0.2, 0) is 16.5 Å². The van der Waals surface area contributed by atoms with Gasteiger partial charge in [-0.2, -0.15) is 13.2 Å². The number of oxazole rings is 1. The molecule has 1 aromatic rings. The van der Waals surface area contributed by atoms with Crippen LogP contribution in [0.3, 0.4) is 0 Å². The molecule has 19 heavy (non-hydrogen) atoms. The van der Waals surface area contributed by atoms with Crippen molar-refractivity contribution in [2.75, 3.05) is 6.61 Å². The molecule has 0 bridgehead atoms. The second-order valence-corrected chi connectivity index (χ2v) is 4.30. The molecule has 5 nitrogen and oxygen atoms in total. The van der Waals surface area contributed by atoms with Gasteiger partial charge in [0.05, 0.1) is 6.61 Å². The molecule has 8 heteroatoms. The molecule has 0 spiro atoms. The molecule has 0 atom stereocenters. The molecule has 1 fully saturated rings. The Bertz CT molecular complexity index is 491. The topological polar surface area (TPSA) is 72.6 Å². The van der Waals surface area contributed by atoms with Crippen molar-refractivity contribution in [1.29, 1.82) is 0 Å². The number of aromatic nitrogens is 1. The highest BCUT2D eigenvalue weighted by Crippen LogP contribution is 2.43. The zero-order valence-corrected chi connectivity index (χ0v) is 10.1. The molecule has 0 radical (unpaired) electrons. The summed E-state index contributed by atoms with van der Waals surface area (Å²) >= 11 is 0.